The van der Waals surface area contributed by atoms with Gasteiger partial charge in [0.2, 0.25) is 0 Å². The summed E-state index contributed by atoms with van der Waals surface area (Å²) in [7, 11) is 0. The van der Waals surface area contributed by atoms with Gasteiger partial charge in [-0.2, -0.15) is 13.2 Å². The summed E-state index contributed by atoms with van der Waals surface area (Å²) in [4.78, 5) is 36.2. The Morgan fingerprint density at radius 1 is 1.44 bits per heavy atom. The van der Waals surface area contributed by atoms with Crippen LogP contribution in [0.3, 0.4) is 0 Å². The average Bonchev–Trinajstić information content (AvgIpc) is 2.17. The molecule has 0 aromatic heterocycles. The van der Waals surface area contributed by atoms with Gasteiger partial charge in [-0.3, -0.25) is 9.59 Å². The summed E-state index contributed by atoms with van der Waals surface area (Å²) in [6.07, 6.45) is -5.52. The van der Waals surface area contributed by atoms with Gasteiger partial charge in [0.15, 0.2) is 0 Å². The summed E-state index contributed by atoms with van der Waals surface area (Å²) < 4.78 is 35.4. The Morgan fingerprint density at radius 3 is 2.50 bits per heavy atom. The third kappa shape index (κ3) is 2.48. The van der Waals surface area contributed by atoms with E-state index < -0.39 is 30.0 Å². The van der Waals surface area contributed by atoms with Gasteiger partial charge in [-0.1, -0.05) is 0 Å². The molecule has 1 atom stereocenters. The minimum Gasteiger partial charge on any atom is -0.321 e. The number of amides is 2. The zero-order valence-electron chi connectivity index (χ0n) is 7.78. The molecule has 1 fully saturated rings. The van der Waals surface area contributed by atoms with E-state index in [-0.39, 0.29) is 17.9 Å². The summed E-state index contributed by atoms with van der Waals surface area (Å²) in [5.41, 5.74) is 5.20. The zero-order chi connectivity index (χ0) is 12.5. The maximum atomic E-state index is 11.8. The lowest BCUT2D eigenvalue weighted by Gasteiger charge is -2.26. The number of carbonyl (C=O) groups is 3. The standard InChI is InChI=1S/C7H7F3N2O4/c8-7(9,10)6(15)16-12-4(13)2-1-3(11)5(12)14/h3H,1-2,11H2. The molecule has 0 bridgehead atoms. The Balaban J connectivity index is 2.75. The Bertz CT molecular complexity index is 341. The summed E-state index contributed by atoms with van der Waals surface area (Å²) in [6.45, 7) is 0. The van der Waals surface area contributed by atoms with Crippen molar-refractivity contribution in [2.24, 2.45) is 5.73 Å². The van der Waals surface area contributed by atoms with E-state index in [9.17, 15) is 27.6 Å². The summed E-state index contributed by atoms with van der Waals surface area (Å²) in [5, 5.41) is -0.232. The highest BCUT2D eigenvalue weighted by molar-refractivity contribution is 6.00. The third-order valence-corrected chi connectivity index (χ3v) is 1.82. The topological polar surface area (TPSA) is 89.7 Å². The van der Waals surface area contributed by atoms with Crippen LogP contribution in [-0.2, 0) is 19.2 Å². The molecule has 1 unspecified atom stereocenters. The zero-order valence-corrected chi connectivity index (χ0v) is 7.78. The first-order valence-electron chi connectivity index (χ1n) is 4.15. The highest BCUT2D eigenvalue weighted by atomic mass is 19.4. The smallest absolute Gasteiger partial charge is 0.321 e. The van der Waals surface area contributed by atoms with Gasteiger partial charge in [0.25, 0.3) is 11.8 Å². The van der Waals surface area contributed by atoms with Crippen molar-refractivity contribution in [1.29, 1.82) is 0 Å². The molecule has 90 valence electrons. The predicted molar refractivity (Wildman–Crippen MR) is 41.2 cm³/mol. The van der Waals surface area contributed by atoms with Crippen LogP contribution >= 0.6 is 0 Å². The molecule has 0 aromatic rings. The molecular weight excluding hydrogens is 233 g/mol. The summed E-state index contributed by atoms with van der Waals surface area (Å²) >= 11 is 0. The second-order valence-electron chi connectivity index (χ2n) is 3.05. The van der Waals surface area contributed by atoms with E-state index in [1.54, 1.807) is 0 Å². The largest absolute Gasteiger partial charge is 0.493 e. The first-order chi connectivity index (χ1) is 7.23. The fourth-order valence-electron chi connectivity index (χ4n) is 1.01. The van der Waals surface area contributed by atoms with E-state index in [4.69, 9.17) is 5.73 Å². The fourth-order valence-corrected chi connectivity index (χ4v) is 1.01. The molecule has 1 saturated heterocycles. The number of nitrogens with two attached hydrogens (primary N) is 1. The monoisotopic (exact) mass is 240 g/mol. The highest BCUT2D eigenvalue weighted by Gasteiger charge is 2.46. The van der Waals surface area contributed by atoms with E-state index in [1.165, 1.54) is 0 Å². The number of hydrogen-bond donors (Lipinski definition) is 1. The van der Waals surface area contributed by atoms with Crippen LogP contribution in [0, 0.1) is 0 Å². The maximum Gasteiger partial charge on any atom is 0.493 e. The van der Waals surface area contributed by atoms with Crippen molar-refractivity contribution >= 4 is 17.8 Å². The van der Waals surface area contributed by atoms with E-state index in [2.05, 4.69) is 4.84 Å². The molecule has 0 saturated carbocycles. The van der Waals surface area contributed by atoms with Crippen LogP contribution in [0.1, 0.15) is 12.8 Å². The van der Waals surface area contributed by atoms with E-state index in [0.717, 1.165) is 0 Å². The number of imide groups is 1. The van der Waals surface area contributed by atoms with Crippen LogP contribution in [0.5, 0.6) is 0 Å². The molecule has 1 heterocycles. The molecule has 1 aliphatic rings. The Labute approximate surface area is 87.1 Å². The van der Waals surface area contributed by atoms with Gasteiger partial charge in [0.1, 0.15) is 0 Å². The molecule has 0 aliphatic carbocycles. The molecular formula is C7H7F3N2O4. The molecule has 9 heteroatoms. The number of carbonyl (C=O) groups excluding carboxylic acids is 3. The van der Waals surface area contributed by atoms with Gasteiger partial charge in [-0.25, -0.2) is 4.79 Å². The van der Waals surface area contributed by atoms with Gasteiger partial charge < -0.3 is 10.6 Å². The van der Waals surface area contributed by atoms with Crippen LogP contribution in [0.15, 0.2) is 0 Å². The van der Waals surface area contributed by atoms with Crippen molar-refractivity contribution in [3.8, 4) is 0 Å². The Hall–Kier alpha value is -1.64. The van der Waals surface area contributed by atoms with Gasteiger partial charge in [0.05, 0.1) is 6.04 Å². The van der Waals surface area contributed by atoms with Crippen molar-refractivity contribution in [3.63, 3.8) is 0 Å². The highest BCUT2D eigenvalue weighted by Crippen LogP contribution is 2.19. The van der Waals surface area contributed by atoms with Gasteiger partial charge in [-0.15, -0.1) is 5.06 Å². The van der Waals surface area contributed by atoms with Crippen LogP contribution in [0.2, 0.25) is 0 Å². The van der Waals surface area contributed by atoms with Crippen LogP contribution in [-0.4, -0.2) is 35.1 Å². The second-order valence-corrected chi connectivity index (χ2v) is 3.05. The van der Waals surface area contributed by atoms with Crippen molar-refractivity contribution in [2.45, 2.75) is 25.1 Å². The van der Waals surface area contributed by atoms with E-state index >= 15 is 0 Å². The number of nitrogens with zero attached hydrogens (tertiary/aromatic N) is 1. The van der Waals surface area contributed by atoms with E-state index in [0.29, 0.717) is 0 Å². The lowest BCUT2D eigenvalue weighted by Crippen LogP contribution is -2.52. The maximum absolute atomic E-state index is 11.8. The van der Waals surface area contributed by atoms with Gasteiger partial charge in [-0.05, 0) is 6.42 Å². The lowest BCUT2D eigenvalue weighted by molar-refractivity contribution is -0.237. The van der Waals surface area contributed by atoms with Crippen molar-refractivity contribution in [1.82, 2.24) is 5.06 Å². The van der Waals surface area contributed by atoms with Crippen molar-refractivity contribution in [3.05, 3.63) is 0 Å². The normalized spacial score (nSPS) is 22.2. The molecule has 6 nitrogen and oxygen atoms in total. The minimum absolute atomic E-state index is 0.0116. The quantitative estimate of drug-likeness (QED) is 0.623. The molecule has 1 rings (SSSR count). The van der Waals surface area contributed by atoms with Crippen LogP contribution in [0.25, 0.3) is 0 Å². The number of rotatable bonds is 1. The molecule has 0 aromatic carbocycles. The Kier molecular flexibility index (Phi) is 3.17. The lowest BCUT2D eigenvalue weighted by atomic mass is 10.1. The van der Waals surface area contributed by atoms with Gasteiger partial charge in [0, 0.05) is 6.42 Å². The molecule has 1 aliphatic heterocycles. The van der Waals surface area contributed by atoms with E-state index in [1.807, 2.05) is 0 Å². The third-order valence-electron chi connectivity index (χ3n) is 1.82. The van der Waals surface area contributed by atoms with Crippen LogP contribution < -0.4 is 5.73 Å². The summed E-state index contributed by atoms with van der Waals surface area (Å²) in [6, 6.07) is -1.14. The molecule has 0 spiro atoms. The summed E-state index contributed by atoms with van der Waals surface area (Å²) in [5.74, 6) is -4.82. The fraction of sp³-hybridized carbons (Fsp3) is 0.571. The first-order valence-corrected chi connectivity index (χ1v) is 4.15. The molecule has 2 amide bonds. The van der Waals surface area contributed by atoms with Crippen molar-refractivity contribution in [2.75, 3.05) is 0 Å². The minimum atomic E-state index is -5.28. The number of alkyl halides is 3. The molecule has 0 radical (unpaired) electrons. The first kappa shape index (κ1) is 12.4. The second kappa shape index (κ2) is 4.08. The molecule has 16 heavy (non-hydrogen) atoms. The van der Waals surface area contributed by atoms with Crippen molar-refractivity contribution < 1.29 is 32.4 Å². The van der Waals surface area contributed by atoms with Crippen LogP contribution in [0.4, 0.5) is 13.2 Å². The SMILES string of the molecule is NC1CCC(=O)N(OC(=O)C(F)(F)F)C1=O. The predicted octanol–water partition coefficient (Wildman–Crippen LogP) is -0.517. The number of hydroxylamine groups is 2. The average molecular weight is 240 g/mol. The number of halogens is 3. The number of hydrogen-bond acceptors (Lipinski definition) is 5. The number of piperidine rings is 1. The van der Waals surface area contributed by atoms with Gasteiger partial charge >= 0.3 is 12.1 Å². The Morgan fingerprint density at radius 2 is 2.00 bits per heavy atom. The molecule has 2 N–H and O–H groups in total.